The minimum Gasteiger partial charge on any atom is -0.317 e. The molecule has 1 fully saturated rings. The molecule has 0 radical (unpaired) electrons. The van der Waals surface area contributed by atoms with Crippen molar-refractivity contribution in [3.63, 3.8) is 0 Å². The summed E-state index contributed by atoms with van der Waals surface area (Å²) in [5.41, 5.74) is 1.01. The molecule has 0 atom stereocenters. The monoisotopic (exact) mass is 331 g/mol. The van der Waals surface area contributed by atoms with Gasteiger partial charge in [-0.3, -0.25) is 4.90 Å². The fourth-order valence-electron chi connectivity index (χ4n) is 2.91. The van der Waals surface area contributed by atoms with Crippen molar-refractivity contribution < 1.29 is 13.6 Å². The minimum absolute atomic E-state index is 0.00488. The van der Waals surface area contributed by atoms with Crippen molar-refractivity contribution in [2.75, 3.05) is 23.3 Å². The molecule has 6 heteroatoms. The van der Waals surface area contributed by atoms with E-state index in [0.29, 0.717) is 11.4 Å². The molecule has 0 bridgehead atoms. The zero-order valence-electron chi connectivity index (χ0n) is 13.1. The van der Waals surface area contributed by atoms with Gasteiger partial charge in [-0.15, -0.1) is 0 Å². The van der Waals surface area contributed by atoms with Crippen LogP contribution >= 0.6 is 0 Å². The number of hydrogen-bond donors (Lipinski definition) is 2. The Kier molecular flexibility index (Phi) is 5.05. The highest BCUT2D eigenvalue weighted by Gasteiger charge is 2.27. The minimum atomic E-state index is -0.414. The van der Waals surface area contributed by atoms with Gasteiger partial charge in [-0.25, -0.2) is 13.6 Å². The number of urea groups is 1. The second-order valence-electron chi connectivity index (χ2n) is 5.77. The average molecular weight is 331 g/mol. The predicted octanol–water partition coefficient (Wildman–Crippen LogP) is 3.76. The highest BCUT2D eigenvalue weighted by Crippen LogP contribution is 2.24. The lowest BCUT2D eigenvalue weighted by Crippen LogP contribution is -2.48. The van der Waals surface area contributed by atoms with E-state index >= 15 is 0 Å². The molecule has 1 aliphatic rings. The van der Waals surface area contributed by atoms with E-state index in [2.05, 4.69) is 10.6 Å². The third-order valence-electron chi connectivity index (χ3n) is 4.07. The first-order valence-electron chi connectivity index (χ1n) is 7.95. The molecule has 2 aromatic rings. The van der Waals surface area contributed by atoms with Crippen LogP contribution in [0.3, 0.4) is 0 Å². The molecule has 3 rings (SSSR count). The maximum absolute atomic E-state index is 13.3. The SMILES string of the molecule is O=C(Nc1cccc(F)c1)N(c1ccc(F)cc1)C1CCNCC1. The number of amides is 2. The van der Waals surface area contributed by atoms with Gasteiger partial charge in [-0.2, -0.15) is 0 Å². The predicted molar refractivity (Wildman–Crippen MR) is 90.2 cm³/mol. The van der Waals surface area contributed by atoms with Gasteiger partial charge in [0, 0.05) is 17.4 Å². The second-order valence-corrected chi connectivity index (χ2v) is 5.77. The molecule has 2 amide bonds. The first-order chi connectivity index (χ1) is 11.6. The van der Waals surface area contributed by atoms with Crippen LogP contribution in [0.1, 0.15) is 12.8 Å². The number of hydrogen-bond acceptors (Lipinski definition) is 2. The van der Waals surface area contributed by atoms with Crippen molar-refractivity contribution >= 4 is 17.4 Å². The fraction of sp³-hybridized carbons (Fsp3) is 0.278. The lowest BCUT2D eigenvalue weighted by Gasteiger charge is -2.34. The van der Waals surface area contributed by atoms with Gasteiger partial charge in [0.15, 0.2) is 0 Å². The van der Waals surface area contributed by atoms with Crippen LogP contribution in [0.15, 0.2) is 48.5 Å². The molecule has 24 heavy (non-hydrogen) atoms. The van der Waals surface area contributed by atoms with Gasteiger partial charge in [-0.1, -0.05) is 6.07 Å². The zero-order valence-corrected chi connectivity index (χ0v) is 13.1. The number of carbonyl (C=O) groups excluding carboxylic acids is 1. The number of halogens is 2. The summed E-state index contributed by atoms with van der Waals surface area (Å²) >= 11 is 0. The maximum Gasteiger partial charge on any atom is 0.326 e. The highest BCUT2D eigenvalue weighted by atomic mass is 19.1. The Balaban J connectivity index is 1.85. The standard InChI is InChI=1S/C18H19F2N3O/c19-13-4-6-16(7-5-13)23(17-8-10-21-11-9-17)18(24)22-15-3-1-2-14(20)12-15/h1-7,12,17,21H,8-11H2,(H,22,24). The summed E-state index contributed by atoms with van der Waals surface area (Å²) in [6, 6.07) is 11.3. The molecule has 0 unspecified atom stereocenters. The van der Waals surface area contributed by atoms with Crippen molar-refractivity contribution in [1.29, 1.82) is 0 Å². The van der Waals surface area contributed by atoms with E-state index in [-0.39, 0.29) is 17.9 Å². The Bertz CT molecular complexity index is 700. The van der Waals surface area contributed by atoms with E-state index in [4.69, 9.17) is 0 Å². The molecule has 2 aromatic carbocycles. The number of benzene rings is 2. The Morgan fingerprint density at radius 1 is 1.04 bits per heavy atom. The van der Waals surface area contributed by atoms with Gasteiger partial charge in [0.2, 0.25) is 0 Å². The molecule has 1 aliphatic heterocycles. The van der Waals surface area contributed by atoms with Gasteiger partial charge >= 0.3 is 6.03 Å². The molecule has 0 aromatic heterocycles. The van der Waals surface area contributed by atoms with E-state index in [1.54, 1.807) is 23.1 Å². The summed E-state index contributed by atoms with van der Waals surface area (Å²) in [6.07, 6.45) is 1.60. The number of anilines is 2. The fourth-order valence-corrected chi connectivity index (χ4v) is 2.91. The van der Waals surface area contributed by atoms with Gasteiger partial charge in [0.25, 0.3) is 0 Å². The molecule has 126 valence electrons. The summed E-state index contributed by atoms with van der Waals surface area (Å²) in [7, 11) is 0. The Morgan fingerprint density at radius 3 is 2.42 bits per heavy atom. The highest BCUT2D eigenvalue weighted by molar-refractivity contribution is 6.02. The molecule has 0 saturated carbocycles. The number of piperidine rings is 1. The first kappa shape index (κ1) is 16.4. The van der Waals surface area contributed by atoms with Crippen LogP contribution in [0, 0.1) is 11.6 Å². The molecule has 1 heterocycles. The Morgan fingerprint density at radius 2 is 1.75 bits per heavy atom. The zero-order chi connectivity index (χ0) is 16.9. The third kappa shape index (κ3) is 3.89. The van der Waals surface area contributed by atoms with Crippen LogP contribution in [0.5, 0.6) is 0 Å². The van der Waals surface area contributed by atoms with Crippen LogP contribution < -0.4 is 15.5 Å². The van der Waals surface area contributed by atoms with E-state index in [9.17, 15) is 13.6 Å². The summed E-state index contributed by atoms with van der Waals surface area (Å²) in [5.74, 6) is -0.766. The van der Waals surface area contributed by atoms with E-state index in [1.807, 2.05) is 0 Å². The van der Waals surface area contributed by atoms with Crippen LogP contribution in [0.2, 0.25) is 0 Å². The second kappa shape index (κ2) is 7.40. The van der Waals surface area contributed by atoms with Crippen molar-refractivity contribution in [1.82, 2.24) is 5.32 Å². The summed E-state index contributed by atoms with van der Waals surface area (Å²) < 4.78 is 26.5. The quantitative estimate of drug-likeness (QED) is 0.899. The van der Waals surface area contributed by atoms with E-state index < -0.39 is 5.82 Å². The van der Waals surface area contributed by atoms with Crippen molar-refractivity contribution in [2.45, 2.75) is 18.9 Å². The Hall–Kier alpha value is -2.47. The topological polar surface area (TPSA) is 44.4 Å². The smallest absolute Gasteiger partial charge is 0.317 e. The molecule has 1 saturated heterocycles. The number of rotatable bonds is 3. The molecule has 0 aliphatic carbocycles. The van der Waals surface area contributed by atoms with Crippen LogP contribution in [-0.4, -0.2) is 25.2 Å². The van der Waals surface area contributed by atoms with Crippen LogP contribution in [0.4, 0.5) is 25.0 Å². The van der Waals surface area contributed by atoms with Gasteiger partial charge in [0.1, 0.15) is 11.6 Å². The van der Waals surface area contributed by atoms with E-state index in [1.165, 1.54) is 30.3 Å². The van der Waals surface area contributed by atoms with Crippen molar-refractivity contribution in [2.24, 2.45) is 0 Å². The van der Waals surface area contributed by atoms with Crippen LogP contribution in [-0.2, 0) is 0 Å². The molecule has 2 N–H and O–H groups in total. The summed E-state index contributed by atoms with van der Waals surface area (Å²) in [4.78, 5) is 14.4. The molecular formula is C18H19F2N3O. The molecular weight excluding hydrogens is 312 g/mol. The summed E-state index contributed by atoms with van der Waals surface area (Å²) in [6.45, 7) is 1.63. The van der Waals surface area contributed by atoms with Gasteiger partial charge < -0.3 is 10.6 Å². The van der Waals surface area contributed by atoms with Crippen LogP contribution in [0.25, 0.3) is 0 Å². The lowest BCUT2D eigenvalue weighted by molar-refractivity contribution is 0.252. The Labute approximate surface area is 139 Å². The van der Waals surface area contributed by atoms with Gasteiger partial charge in [-0.05, 0) is 68.4 Å². The lowest BCUT2D eigenvalue weighted by atomic mass is 10.0. The number of nitrogens with one attached hydrogen (secondary N) is 2. The first-order valence-corrected chi connectivity index (χ1v) is 7.95. The van der Waals surface area contributed by atoms with Gasteiger partial charge in [0.05, 0.1) is 0 Å². The van der Waals surface area contributed by atoms with Crippen molar-refractivity contribution in [3.8, 4) is 0 Å². The largest absolute Gasteiger partial charge is 0.326 e. The number of nitrogens with zero attached hydrogens (tertiary/aromatic N) is 1. The van der Waals surface area contributed by atoms with E-state index in [0.717, 1.165) is 25.9 Å². The van der Waals surface area contributed by atoms with Crippen molar-refractivity contribution in [3.05, 3.63) is 60.2 Å². The average Bonchev–Trinajstić information content (AvgIpc) is 2.58. The molecule has 4 nitrogen and oxygen atoms in total. The summed E-state index contributed by atoms with van der Waals surface area (Å²) in [5, 5.41) is 5.98. The third-order valence-corrected chi connectivity index (χ3v) is 4.07. The molecule has 0 spiro atoms. The normalized spacial score (nSPS) is 15.1. The number of carbonyl (C=O) groups is 1. The maximum atomic E-state index is 13.3.